The van der Waals surface area contributed by atoms with E-state index in [1.54, 1.807) is 16.7 Å². The second kappa shape index (κ2) is 4.79. The normalized spacial score (nSPS) is 20.8. The Balaban J connectivity index is 1.81. The van der Waals surface area contributed by atoms with Gasteiger partial charge >= 0.3 is 0 Å². The van der Waals surface area contributed by atoms with Crippen molar-refractivity contribution in [2.75, 3.05) is 19.6 Å². The van der Waals surface area contributed by atoms with Gasteiger partial charge in [-0.2, -0.15) is 0 Å². The lowest BCUT2D eigenvalue weighted by atomic mass is 10.1. The first-order valence-corrected chi connectivity index (χ1v) is 7.02. The van der Waals surface area contributed by atoms with Crippen LogP contribution in [0.2, 0.25) is 0 Å². The van der Waals surface area contributed by atoms with Gasteiger partial charge in [-0.3, -0.25) is 14.1 Å². The number of rotatable bonds is 3. The Morgan fingerprint density at radius 1 is 1.56 bits per heavy atom. The Morgan fingerprint density at radius 3 is 3.22 bits per heavy atom. The van der Waals surface area contributed by atoms with Crippen molar-refractivity contribution in [2.45, 2.75) is 13.0 Å². The van der Waals surface area contributed by atoms with Gasteiger partial charge in [-0.25, -0.2) is 4.98 Å². The van der Waals surface area contributed by atoms with E-state index in [2.05, 4.69) is 9.88 Å². The monoisotopic (exact) mass is 264 g/mol. The molecule has 2 aromatic rings. The van der Waals surface area contributed by atoms with Crippen molar-refractivity contribution in [3.8, 4) is 0 Å². The smallest absolute Gasteiger partial charge is 0.258 e. The van der Waals surface area contributed by atoms with Gasteiger partial charge in [0.05, 0.1) is 5.69 Å². The molecule has 0 spiro atoms. The number of hydrogen-bond acceptors (Lipinski definition) is 5. The van der Waals surface area contributed by atoms with E-state index >= 15 is 0 Å². The van der Waals surface area contributed by atoms with E-state index in [1.165, 1.54) is 11.3 Å². The van der Waals surface area contributed by atoms with E-state index < -0.39 is 0 Å². The molecule has 2 aromatic heterocycles. The van der Waals surface area contributed by atoms with Crippen molar-refractivity contribution < 1.29 is 0 Å². The van der Waals surface area contributed by atoms with Crippen molar-refractivity contribution in [3.05, 3.63) is 33.7 Å². The Kier molecular flexibility index (Phi) is 3.15. The molecule has 1 aliphatic rings. The van der Waals surface area contributed by atoms with Crippen LogP contribution in [0.3, 0.4) is 0 Å². The van der Waals surface area contributed by atoms with Crippen LogP contribution in [-0.4, -0.2) is 33.9 Å². The zero-order valence-corrected chi connectivity index (χ0v) is 10.9. The van der Waals surface area contributed by atoms with E-state index in [1.807, 2.05) is 5.38 Å². The molecular weight excluding hydrogens is 248 g/mol. The van der Waals surface area contributed by atoms with Crippen LogP contribution in [0.15, 0.2) is 22.4 Å². The Bertz CT molecular complexity index is 605. The minimum atomic E-state index is 0.00539. The summed E-state index contributed by atoms with van der Waals surface area (Å²) in [6.45, 7) is 3.56. The van der Waals surface area contributed by atoms with Gasteiger partial charge in [0.25, 0.3) is 5.56 Å². The molecule has 0 aliphatic carbocycles. The molecule has 2 N–H and O–H groups in total. The van der Waals surface area contributed by atoms with Gasteiger partial charge in [-0.15, -0.1) is 11.3 Å². The quantitative estimate of drug-likeness (QED) is 0.878. The second-order valence-electron chi connectivity index (χ2n) is 4.77. The highest BCUT2D eigenvalue weighted by Crippen LogP contribution is 2.17. The summed E-state index contributed by atoms with van der Waals surface area (Å²) >= 11 is 1.49. The van der Waals surface area contributed by atoms with E-state index in [-0.39, 0.29) is 5.56 Å². The minimum Gasteiger partial charge on any atom is -0.330 e. The second-order valence-corrected chi connectivity index (χ2v) is 5.64. The topological polar surface area (TPSA) is 63.6 Å². The molecule has 0 bridgehead atoms. The highest BCUT2D eigenvalue weighted by atomic mass is 32.1. The third kappa shape index (κ3) is 2.19. The molecule has 96 valence electrons. The molecule has 3 rings (SSSR count). The van der Waals surface area contributed by atoms with E-state index in [0.29, 0.717) is 5.92 Å². The molecule has 1 atom stereocenters. The number of thiazole rings is 1. The minimum absolute atomic E-state index is 0.00539. The molecule has 5 nitrogen and oxygen atoms in total. The lowest BCUT2D eigenvalue weighted by Crippen LogP contribution is -2.24. The van der Waals surface area contributed by atoms with Gasteiger partial charge in [0.2, 0.25) is 0 Å². The van der Waals surface area contributed by atoms with Crippen LogP contribution in [0.25, 0.3) is 4.96 Å². The van der Waals surface area contributed by atoms with Crippen molar-refractivity contribution in [2.24, 2.45) is 11.7 Å². The molecule has 0 aromatic carbocycles. The van der Waals surface area contributed by atoms with Crippen molar-refractivity contribution >= 4 is 16.3 Å². The largest absolute Gasteiger partial charge is 0.330 e. The summed E-state index contributed by atoms with van der Waals surface area (Å²) in [5.74, 6) is 0.594. The van der Waals surface area contributed by atoms with Crippen LogP contribution in [0.4, 0.5) is 0 Å². The van der Waals surface area contributed by atoms with Crippen LogP contribution in [0.1, 0.15) is 12.1 Å². The van der Waals surface area contributed by atoms with Crippen LogP contribution in [0, 0.1) is 5.92 Å². The molecule has 18 heavy (non-hydrogen) atoms. The fourth-order valence-electron chi connectivity index (χ4n) is 2.45. The Labute approximate surface area is 109 Å². The molecule has 3 heterocycles. The molecule has 1 aliphatic heterocycles. The molecule has 0 radical (unpaired) electrons. The highest BCUT2D eigenvalue weighted by molar-refractivity contribution is 7.15. The molecule has 1 saturated heterocycles. The standard InChI is InChI=1S/C12H16N4OS/c13-6-9-1-2-15(7-9)8-10-5-11(17)16-3-4-18-12(16)14-10/h3-5,9H,1-2,6-8,13H2. The highest BCUT2D eigenvalue weighted by Gasteiger charge is 2.21. The number of hydrogen-bond donors (Lipinski definition) is 1. The zero-order chi connectivity index (χ0) is 12.5. The maximum absolute atomic E-state index is 11.8. The molecule has 1 unspecified atom stereocenters. The maximum Gasteiger partial charge on any atom is 0.258 e. The average Bonchev–Trinajstić information content (AvgIpc) is 2.97. The molecule has 0 saturated carbocycles. The van der Waals surface area contributed by atoms with Gasteiger partial charge in [-0.05, 0) is 25.4 Å². The first-order chi connectivity index (χ1) is 8.76. The summed E-state index contributed by atoms with van der Waals surface area (Å²) < 4.78 is 1.58. The fraction of sp³-hybridized carbons (Fsp3) is 0.500. The van der Waals surface area contributed by atoms with Crippen molar-refractivity contribution in [1.82, 2.24) is 14.3 Å². The predicted molar refractivity (Wildman–Crippen MR) is 71.8 cm³/mol. The number of nitrogens with zero attached hydrogens (tertiary/aromatic N) is 3. The van der Waals surface area contributed by atoms with Gasteiger partial charge in [0, 0.05) is 30.7 Å². The predicted octanol–water partition coefficient (Wildman–Crippen LogP) is 0.537. The number of fused-ring (bicyclic) bond motifs is 1. The number of aromatic nitrogens is 2. The third-order valence-corrected chi connectivity index (χ3v) is 4.20. The number of nitrogens with two attached hydrogens (primary N) is 1. The summed E-state index contributed by atoms with van der Waals surface area (Å²) in [6, 6.07) is 1.63. The Morgan fingerprint density at radius 2 is 2.44 bits per heavy atom. The van der Waals surface area contributed by atoms with Gasteiger partial charge in [-0.1, -0.05) is 0 Å². The molecule has 6 heteroatoms. The van der Waals surface area contributed by atoms with Gasteiger partial charge < -0.3 is 5.73 Å². The first-order valence-electron chi connectivity index (χ1n) is 6.14. The summed E-state index contributed by atoms with van der Waals surface area (Å²) in [4.78, 5) is 19.5. The van der Waals surface area contributed by atoms with E-state index in [9.17, 15) is 4.79 Å². The zero-order valence-electron chi connectivity index (χ0n) is 10.1. The SMILES string of the molecule is NCC1CCN(Cc2cc(=O)n3ccsc3n2)C1. The van der Waals surface area contributed by atoms with Gasteiger partial charge in [0.1, 0.15) is 0 Å². The van der Waals surface area contributed by atoms with Crippen LogP contribution in [-0.2, 0) is 6.54 Å². The summed E-state index contributed by atoms with van der Waals surface area (Å²) in [5, 5.41) is 1.88. The first kappa shape index (κ1) is 11.8. The molecule has 0 amide bonds. The number of likely N-dealkylation sites (tertiary alicyclic amines) is 1. The maximum atomic E-state index is 11.8. The lowest BCUT2D eigenvalue weighted by molar-refractivity contribution is 0.314. The van der Waals surface area contributed by atoms with Gasteiger partial charge in [0.15, 0.2) is 4.96 Å². The summed E-state index contributed by atoms with van der Waals surface area (Å²) in [6.07, 6.45) is 2.91. The van der Waals surface area contributed by atoms with E-state index in [4.69, 9.17) is 5.73 Å². The molecule has 1 fully saturated rings. The van der Waals surface area contributed by atoms with Crippen molar-refractivity contribution in [3.63, 3.8) is 0 Å². The lowest BCUT2D eigenvalue weighted by Gasteiger charge is -2.14. The van der Waals surface area contributed by atoms with Crippen LogP contribution < -0.4 is 11.3 Å². The summed E-state index contributed by atoms with van der Waals surface area (Å²) in [7, 11) is 0. The van der Waals surface area contributed by atoms with Crippen LogP contribution >= 0.6 is 11.3 Å². The third-order valence-electron chi connectivity index (χ3n) is 3.45. The average molecular weight is 264 g/mol. The molecular formula is C12H16N4OS. The van der Waals surface area contributed by atoms with E-state index in [0.717, 1.165) is 43.3 Å². The fourth-order valence-corrected chi connectivity index (χ4v) is 3.19. The summed E-state index contributed by atoms with van der Waals surface area (Å²) in [5.41, 5.74) is 6.55. The van der Waals surface area contributed by atoms with Crippen molar-refractivity contribution in [1.29, 1.82) is 0 Å². The Hall–Kier alpha value is -1.24. The van der Waals surface area contributed by atoms with Crippen LogP contribution in [0.5, 0.6) is 0 Å².